The number of aromatic nitrogens is 2. The summed E-state index contributed by atoms with van der Waals surface area (Å²) in [5.41, 5.74) is 1.83. The first-order chi connectivity index (χ1) is 10.2. The van der Waals surface area contributed by atoms with Crippen LogP contribution < -0.4 is 0 Å². The van der Waals surface area contributed by atoms with Crippen LogP contribution in [0.15, 0.2) is 46.2 Å². The average molecular weight is 302 g/mol. The highest BCUT2D eigenvalue weighted by Gasteiger charge is 2.16. The van der Waals surface area contributed by atoms with Crippen LogP contribution in [0.1, 0.15) is 21.9 Å². The Labute approximate surface area is 125 Å². The predicted molar refractivity (Wildman–Crippen MR) is 79.5 cm³/mol. The molecule has 0 radical (unpaired) electrons. The van der Waals surface area contributed by atoms with Gasteiger partial charge in [0.2, 0.25) is 5.76 Å². The van der Waals surface area contributed by atoms with E-state index in [1.54, 1.807) is 11.8 Å². The normalized spacial score (nSPS) is 11.0. The van der Waals surface area contributed by atoms with Crippen LogP contribution in [0, 0.1) is 6.92 Å². The molecule has 0 aromatic carbocycles. The van der Waals surface area contributed by atoms with Crippen LogP contribution in [0.4, 0.5) is 0 Å². The van der Waals surface area contributed by atoms with E-state index in [1.165, 1.54) is 7.11 Å². The smallest absolute Gasteiger partial charge is 0.374 e. The Bertz CT molecular complexity index is 791. The highest BCUT2D eigenvalue weighted by molar-refractivity contribution is 7.98. The maximum atomic E-state index is 11.5. The largest absolute Gasteiger partial charge is 0.463 e. The molecule has 0 spiro atoms. The van der Waals surface area contributed by atoms with Crippen LogP contribution in [0.2, 0.25) is 0 Å². The summed E-state index contributed by atoms with van der Waals surface area (Å²) < 4.78 is 12.2. The van der Waals surface area contributed by atoms with Gasteiger partial charge in [-0.05, 0) is 25.1 Å². The number of fused-ring (bicyclic) bond motifs is 1. The van der Waals surface area contributed by atoms with Crippen LogP contribution in [0.3, 0.4) is 0 Å². The van der Waals surface area contributed by atoms with Crippen LogP contribution in [-0.4, -0.2) is 22.5 Å². The van der Waals surface area contributed by atoms with E-state index in [4.69, 9.17) is 4.42 Å². The monoisotopic (exact) mass is 302 g/mol. The van der Waals surface area contributed by atoms with Gasteiger partial charge in [-0.1, -0.05) is 17.8 Å². The topological polar surface area (TPSA) is 56.7 Å². The van der Waals surface area contributed by atoms with Crippen molar-refractivity contribution in [2.45, 2.75) is 17.8 Å². The molecule has 3 aromatic heterocycles. The minimum absolute atomic E-state index is 0.265. The number of nitrogens with zero attached hydrogens (tertiary/aromatic N) is 2. The summed E-state index contributed by atoms with van der Waals surface area (Å²) in [5.74, 6) is 1.15. The lowest BCUT2D eigenvalue weighted by Gasteiger charge is -1.99. The van der Waals surface area contributed by atoms with Gasteiger partial charge in [-0.3, -0.25) is 4.40 Å². The van der Waals surface area contributed by atoms with Gasteiger partial charge in [0.25, 0.3) is 0 Å². The zero-order chi connectivity index (χ0) is 14.8. The van der Waals surface area contributed by atoms with Crippen molar-refractivity contribution in [3.8, 4) is 0 Å². The minimum atomic E-state index is -0.449. The molecular weight excluding hydrogens is 288 g/mol. The Kier molecular flexibility index (Phi) is 3.70. The quantitative estimate of drug-likeness (QED) is 0.546. The highest BCUT2D eigenvalue weighted by atomic mass is 32.2. The first-order valence-electron chi connectivity index (χ1n) is 6.41. The van der Waals surface area contributed by atoms with Gasteiger partial charge in [0.05, 0.1) is 24.6 Å². The second-order valence-electron chi connectivity index (χ2n) is 4.54. The summed E-state index contributed by atoms with van der Waals surface area (Å²) in [7, 11) is 1.34. The van der Waals surface area contributed by atoms with Crippen molar-refractivity contribution < 1.29 is 13.9 Å². The Balaban J connectivity index is 1.77. The Morgan fingerprint density at radius 3 is 3.14 bits per heavy atom. The van der Waals surface area contributed by atoms with Gasteiger partial charge >= 0.3 is 5.97 Å². The molecule has 0 unspecified atom stereocenters. The third kappa shape index (κ3) is 2.67. The van der Waals surface area contributed by atoms with Gasteiger partial charge in [0, 0.05) is 11.8 Å². The highest BCUT2D eigenvalue weighted by Crippen LogP contribution is 2.25. The third-order valence-corrected chi connectivity index (χ3v) is 4.08. The third-order valence-electron chi connectivity index (χ3n) is 3.09. The van der Waals surface area contributed by atoms with Gasteiger partial charge in [-0.2, -0.15) is 0 Å². The average Bonchev–Trinajstić information content (AvgIpc) is 3.08. The van der Waals surface area contributed by atoms with Gasteiger partial charge in [-0.25, -0.2) is 9.78 Å². The second-order valence-corrected chi connectivity index (χ2v) is 5.48. The molecule has 0 fully saturated rings. The van der Waals surface area contributed by atoms with Crippen molar-refractivity contribution in [2.75, 3.05) is 7.11 Å². The van der Waals surface area contributed by atoms with Crippen molar-refractivity contribution in [1.29, 1.82) is 0 Å². The van der Waals surface area contributed by atoms with Crippen LogP contribution in [-0.2, 0) is 10.5 Å². The number of hydrogen-bond acceptors (Lipinski definition) is 5. The van der Waals surface area contributed by atoms with Gasteiger partial charge in [0.15, 0.2) is 5.16 Å². The molecule has 0 saturated heterocycles. The Hall–Kier alpha value is -2.21. The van der Waals surface area contributed by atoms with E-state index < -0.39 is 5.97 Å². The maximum absolute atomic E-state index is 11.5. The van der Waals surface area contributed by atoms with E-state index in [0.29, 0.717) is 5.75 Å². The van der Waals surface area contributed by atoms with E-state index >= 15 is 0 Å². The molecule has 0 bridgehead atoms. The van der Waals surface area contributed by atoms with Crippen molar-refractivity contribution in [3.05, 3.63) is 53.7 Å². The summed E-state index contributed by atoms with van der Waals surface area (Å²) in [6, 6.07) is 7.80. The molecule has 0 amide bonds. The number of thioether (sulfide) groups is 1. The van der Waals surface area contributed by atoms with Crippen molar-refractivity contribution in [2.24, 2.45) is 0 Å². The molecule has 108 valence electrons. The molecular formula is C15H14N2O3S. The number of rotatable bonds is 4. The first-order valence-corrected chi connectivity index (χ1v) is 7.40. The van der Waals surface area contributed by atoms with Gasteiger partial charge in [-0.15, -0.1) is 0 Å². The Morgan fingerprint density at radius 2 is 2.33 bits per heavy atom. The fourth-order valence-corrected chi connectivity index (χ4v) is 2.92. The summed E-state index contributed by atoms with van der Waals surface area (Å²) in [6.45, 7) is 1.83. The number of aryl methyl sites for hydroxylation is 1. The molecule has 0 saturated carbocycles. The zero-order valence-electron chi connectivity index (χ0n) is 11.7. The van der Waals surface area contributed by atoms with E-state index in [0.717, 1.165) is 22.0 Å². The standard InChI is InChI=1S/C15H14N2O3S/c1-10-7-12(20-13(10)14(18)19-2)9-21-15-16-8-11-5-3-4-6-17(11)15/h3-8H,9H2,1-2H3. The molecule has 5 nitrogen and oxygen atoms in total. The summed E-state index contributed by atoms with van der Waals surface area (Å²) in [5, 5.41) is 0.888. The lowest BCUT2D eigenvalue weighted by molar-refractivity contribution is 0.0562. The zero-order valence-corrected chi connectivity index (χ0v) is 12.5. The predicted octanol–water partition coefficient (Wildman–Crippen LogP) is 3.31. The minimum Gasteiger partial charge on any atom is -0.463 e. The van der Waals surface area contributed by atoms with E-state index in [9.17, 15) is 4.79 Å². The number of hydrogen-bond donors (Lipinski definition) is 0. The molecule has 3 rings (SSSR count). The lowest BCUT2D eigenvalue weighted by Crippen LogP contribution is -2.00. The van der Waals surface area contributed by atoms with E-state index in [1.807, 2.05) is 48.0 Å². The fraction of sp³-hybridized carbons (Fsp3) is 0.200. The van der Waals surface area contributed by atoms with Crippen molar-refractivity contribution in [3.63, 3.8) is 0 Å². The number of ether oxygens (including phenoxy) is 1. The second kappa shape index (κ2) is 5.65. The number of carbonyl (C=O) groups is 1. The molecule has 0 N–H and O–H groups in total. The van der Waals surface area contributed by atoms with E-state index in [-0.39, 0.29) is 5.76 Å². The van der Waals surface area contributed by atoms with Crippen LogP contribution >= 0.6 is 11.8 Å². The summed E-state index contributed by atoms with van der Waals surface area (Å²) in [6.07, 6.45) is 3.80. The van der Waals surface area contributed by atoms with Gasteiger partial charge in [0.1, 0.15) is 5.76 Å². The molecule has 0 atom stereocenters. The molecule has 3 heterocycles. The van der Waals surface area contributed by atoms with E-state index in [2.05, 4.69) is 9.72 Å². The molecule has 6 heteroatoms. The van der Waals surface area contributed by atoms with Crippen molar-refractivity contribution >= 4 is 23.2 Å². The summed E-state index contributed by atoms with van der Waals surface area (Å²) in [4.78, 5) is 15.9. The number of esters is 1. The van der Waals surface area contributed by atoms with Crippen molar-refractivity contribution in [1.82, 2.24) is 9.38 Å². The Morgan fingerprint density at radius 1 is 1.48 bits per heavy atom. The van der Waals surface area contributed by atoms with Crippen LogP contribution in [0.25, 0.3) is 5.52 Å². The van der Waals surface area contributed by atoms with Gasteiger partial charge < -0.3 is 9.15 Å². The molecule has 0 aliphatic rings. The molecule has 3 aromatic rings. The summed E-state index contributed by atoms with van der Waals surface area (Å²) >= 11 is 1.56. The molecule has 0 aliphatic heterocycles. The first kappa shape index (κ1) is 13.8. The molecule has 0 aliphatic carbocycles. The SMILES string of the molecule is COC(=O)c1oc(CSc2ncc3ccccn23)cc1C. The number of methoxy groups -OCH3 is 1. The van der Waals surface area contributed by atoms with Crippen LogP contribution in [0.5, 0.6) is 0 Å². The fourth-order valence-electron chi connectivity index (χ4n) is 2.08. The molecule has 21 heavy (non-hydrogen) atoms. The maximum Gasteiger partial charge on any atom is 0.374 e. The number of pyridine rings is 1. The number of imidazole rings is 1. The number of furan rings is 1. The lowest BCUT2D eigenvalue weighted by atomic mass is 10.3. The number of carbonyl (C=O) groups excluding carboxylic acids is 1.